The molecular formula is C21H19FN2O3S. The number of carbonyl (C=O) groups is 1. The first-order valence-electron chi connectivity index (χ1n) is 8.66. The van der Waals surface area contributed by atoms with Crippen molar-refractivity contribution in [1.29, 1.82) is 0 Å². The average molecular weight is 398 g/mol. The maximum Gasteiger partial charge on any atom is 0.261 e. The maximum absolute atomic E-state index is 13.3. The molecule has 0 bridgehead atoms. The molecule has 0 aromatic heterocycles. The van der Waals surface area contributed by atoms with Gasteiger partial charge in [-0.25, -0.2) is 12.8 Å². The van der Waals surface area contributed by atoms with Gasteiger partial charge in [0, 0.05) is 11.3 Å². The van der Waals surface area contributed by atoms with E-state index in [-0.39, 0.29) is 16.1 Å². The lowest BCUT2D eigenvalue weighted by molar-refractivity contribution is 0.102. The zero-order valence-electron chi connectivity index (χ0n) is 15.1. The molecule has 0 heterocycles. The third kappa shape index (κ3) is 4.75. The molecule has 2 N–H and O–H groups in total. The topological polar surface area (TPSA) is 75.3 Å². The highest BCUT2D eigenvalue weighted by Gasteiger charge is 2.17. The second-order valence-electron chi connectivity index (χ2n) is 6.15. The van der Waals surface area contributed by atoms with E-state index in [9.17, 15) is 17.6 Å². The SMILES string of the molecule is CCc1ccc(NC(=O)c2cccc(S(=O)(=O)Nc3cccc(F)c3)c2)cc1. The number of anilines is 2. The van der Waals surface area contributed by atoms with E-state index in [0.29, 0.717) is 5.69 Å². The van der Waals surface area contributed by atoms with Gasteiger partial charge in [0.1, 0.15) is 5.82 Å². The third-order valence-electron chi connectivity index (χ3n) is 4.10. The summed E-state index contributed by atoms with van der Waals surface area (Å²) in [6.45, 7) is 2.04. The Balaban J connectivity index is 1.79. The summed E-state index contributed by atoms with van der Waals surface area (Å²) in [5.74, 6) is -0.977. The fraction of sp³-hybridized carbons (Fsp3) is 0.0952. The molecule has 0 aliphatic rings. The number of halogens is 1. The molecule has 0 radical (unpaired) electrons. The fourth-order valence-electron chi connectivity index (χ4n) is 2.60. The first-order chi connectivity index (χ1) is 13.4. The Morgan fingerprint density at radius 3 is 2.32 bits per heavy atom. The molecule has 0 saturated carbocycles. The summed E-state index contributed by atoms with van der Waals surface area (Å²) in [5.41, 5.74) is 2.07. The van der Waals surface area contributed by atoms with Crippen LogP contribution in [0.25, 0.3) is 0 Å². The summed E-state index contributed by atoms with van der Waals surface area (Å²) in [5, 5.41) is 2.74. The van der Waals surface area contributed by atoms with E-state index in [1.165, 1.54) is 42.5 Å². The number of benzene rings is 3. The number of nitrogens with one attached hydrogen (secondary N) is 2. The summed E-state index contributed by atoms with van der Waals surface area (Å²) < 4.78 is 40.7. The first-order valence-corrected chi connectivity index (χ1v) is 10.1. The monoisotopic (exact) mass is 398 g/mol. The van der Waals surface area contributed by atoms with Gasteiger partial charge in [0.2, 0.25) is 0 Å². The molecular weight excluding hydrogens is 379 g/mol. The van der Waals surface area contributed by atoms with Crippen LogP contribution in [0, 0.1) is 5.82 Å². The van der Waals surface area contributed by atoms with E-state index in [0.717, 1.165) is 18.1 Å². The standard InChI is InChI=1S/C21H19FN2O3S/c1-2-15-9-11-18(12-10-15)23-21(25)16-5-3-8-20(13-16)28(26,27)24-19-7-4-6-17(22)14-19/h3-14,24H,2H2,1H3,(H,23,25). The van der Waals surface area contributed by atoms with Crippen LogP contribution in [-0.4, -0.2) is 14.3 Å². The Morgan fingerprint density at radius 1 is 0.929 bits per heavy atom. The van der Waals surface area contributed by atoms with E-state index in [2.05, 4.69) is 10.0 Å². The van der Waals surface area contributed by atoms with Gasteiger partial charge in [-0.05, 0) is 60.5 Å². The zero-order valence-corrected chi connectivity index (χ0v) is 16.0. The lowest BCUT2D eigenvalue weighted by Gasteiger charge is -2.10. The number of carbonyl (C=O) groups excluding carboxylic acids is 1. The Kier molecular flexibility index (Phi) is 5.75. The number of hydrogen-bond donors (Lipinski definition) is 2. The van der Waals surface area contributed by atoms with Crippen molar-refractivity contribution in [3.05, 3.63) is 89.7 Å². The molecule has 0 saturated heterocycles. The molecule has 0 atom stereocenters. The van der Waals surface area contributed by atoms with Gasteiger partial charge in [0.25, 0.3) is 15.9 Å². The molecule has 0 spiro atoms. The molecule has 0 fully saturated rings. The van der Waals surface area contributed by atoms with Crippen LogP contribution >= 0.6 is 0 Å². The second kappa shape index (κ2) is 8.22. The number of sulfonamides is 1. The highest BCUT2D eigenvalue weighted by molar-refractivity contribution is 7.92. The lowest BCUT2D eigenvalue weighted by Crippen LogP contribution is -2.16. The van der Waals surface area contributed by atoms with Crippen LogP contribution in [0.4, 0.5) is 15.8 Å². The van der Waals surface area contributed by atoms with Gasteiger partial charge in [0.15, 0.2) is 0 Å². The number of aryl methyl sites for hydroxylation is 1. The van der Waals surface area contributed by atoms with Crippen molar-refractivity contribution >= 4 is 27.3 Å². The van der Waals surface area contributed by atoms with E-state index >= 15 is 0 Å². The van der Waals surface area contributed by atoms with Crippen molar-refractivity contribution in [3.63, 3.8) is 0 Å². The molecule has 0 aliphatic heterocycles. The second-order valence-corrected chi connectivity index (χ2v) is 7.83. The van der Waals surface area contributed by atoms with Gasteiger partial charge in [-0.15, -0.1) is 0 Å². The summed E-state index contributed by atoms with van der Waals surface area (Å²) in [7, 11) is -3.96. The Bertz CT molecular complexity index is 1100. The van der Waals surface area contributed by atoms with Crippen LogP contribution in [0.15, 0.2) is 77.7 Å². The lowest BCUT2D eigenvalue weighted by atomic mass is 10.1. The minimum Gasteiger partial charge on any atom is -0.322 e. The zero-order chi connectivity index (χ0) is 20.1. The molecule has 7 heteroatoms. The summed E-state index contributed by atoms with van der Waals surface area (Å²) in [4.78, 5) is 12.4. The molecule has 3 aromatic rings. The van der Waals surface area contributed by atoms with E-state index < -0.39 is 21.7 Å². The normalized spacial score (nSPS) is 11.1. The van der Waals surface area contributed by atoms with E-state index in [1.54, 1.807) is 12.1 Å². The van der Waals surface area contributed by atoms with Crippen LogP contribution in [0.1, 0.15) is 22.8 Å². The minimum absolute atomic E-state index is 0.0919. The smallest absolute Gasteiger partial charge is 0.261 e. The molecule has 0 unspecified atom stereocenters. The molecule has 28 heavy (non-hydrogen) atoms. The maximum atomic E-state index is 13.3. The fourth-order valence-corrected chi connectivity index (χ4v) is 3.69. The van der Waals surface area contributed by atoms with Crippen molar-refractivity contribution in [1.82, 2.24) is 0 Å². The highest BCUT2D eigenvalue weighted by Crippen LogP contribution is 2.19. The van der Waals surface area contributed by atoms with Gasteiger partial charge in [-0.2, -0.15) is 0 Å². The van der Waals surface area contributed by atoms with Crippen molar-refractivity contribution in [2.75, 3.05) is 10.0 Å². The van der Waals surface area contributed by atoms with E-state index in [1.807, 2.05) is 19.1 Å². The van der Waals surface area contributed by atoms with Crippen LogP contribution in [0.3, 0.4) is 0 Å². The summed E-state index contributed by atoms with van der Waals surface area (Å²) in [6, 6.07) is 18.2. The summed E-state index contributed by atoms with van der Waals surface area (Å²) in [6.07, 6.45) is 0.895. The summed E-state index contributed by atoms with van der Waals surface area (Å²) >= 11 is 0. The molecule has 0 aliphatic carbocycles. The predicted molar refractivity (Wildman–Crippen MR) is 107 cm³/mol. The minimum atomic E-state index is -3.96. The number of amides is 1. The van der Waals surface area contributed by atoms with Gasteiger partial charge in [-0.1, -0.05) is 31.2 Å². The van der Waals surface area contributed by atoms with Crippen molar-refractivity contribution in [3.8, 4) is 0 Å². The molecule has 144 valence electrons. The third-order valence-corrected chi connectivity index (χ3v) is 5.48. The number of hydrogen-bond acceptors (Lipinski definition) is 3. The van der Waals surface area contributed by atoms with Gasteiger partial charge >= 0.3 is 0 Å². The van der Waals surface area contributed by atoms with Gasteiger partial charge in [-0.3, -0.25) is 9.52 Å². The van der Waals surface area contributed by atoms with Crippen molar-refractivity contribution in [2.24, 2.45) is 0 Å². The van der Waals surface area contributed by atoms with Crippen LogP contribution in [0.5, 0.6) is 0 Å². The predicted octanol–water partition coefficient (Wildman–Crippen LogP) is 4.44. The van der Waals surface area contributed by atoms with Gasteiger partial charge < -0.3 is 5.32 Å². The van der Waals surface area contributed by atoms with Crippen molar-refractivity contribution < 1.29 is 17.6 Å². The first kappa shape index (κ1) is 19.6. The average Bonchev–Trinajstić information content (AvgIpc) is 2.68. The molecule has 3 aromatic carbocycles. The highest BCUT2D eigenvalue weighted by atomic mass is 32.2. The number of rotatable bonds is 6. The Labute approximate surface area is 163 Å². The van der Waals surface area contributed by atoms with Crippen LogP contribution < -0.4 is 10.0 Å². The van der Waals surface area contributed by atoms with Crippen molar-refractivity contribution in [2.45, 2.75) is 18.2 Å². The molecule has 3 rings (SSSR count). The Hall–Kier alpha value is -3.19. The van der Waals surface area contributed by atoms with E-state index in [4.69, 9.17) is 0 Å². The molecule has 1 amide bonds. The van der Waals surface area contributed by atoms with Gasteiger partial charge in [0.05, 0.1) is 10.6 Å². The quantitative estimate of drug-likeness (QED) is 0.645. The Morgan fingerprint density at radius 2 is 1.64 bits per heavy atom. The van der Waals surface area contributed by atoms with Crippen LogP contribution in [-0.2, 0) is 16.4 Å². The van der Waals surface area contributed by atoms with Crippen LogP contribution in [0.2, 0.25) is 0 Å². The largest absolute Gasteiger partial charge is 0.322 e. The molecule has 5 nitrogen and oxygen atoms in total.